The van der Waals surface area contributed by atoms with E-state index in [9.17, 15) is 9.59 Å². The minimum absolute atomic E-state index is 0.0950. The predicted octanol–water partition coefficient (Wildman–Crippen LogP) is 2.33. The van der Waals surface area contributed by atoms with E-state index in [1.807, 2.05) is 30.3 Å². The largest absolute Gasteiger partial charge is 0.445 e. The third-order valence-electron chi connectivity index (χ3n) is 3.10. The van der Waals surface area contributed by atoms with Gasteiger partial charge in [-0.2, -0.15) is 4.99 Å². The lowest BCUT2D eigenvalue weighted by atomic mass is 10.2. The van der Waals surface area contributed by atoms with Crippen LogP contribution in [0.5, 0.6) is 0 Å². The van der Waals surface area contributed by atoms with Gasteiger partial charge in [-0.3, -0.25) is 9.52 Å². The van der Waals surface area contributed by atoms with Crippen molar-refractivity contribution in [1.82, 2.24) is 14.7 Å². The highest BCUT2D eigenvalue weighted by Crippen LogP contribution is 2.45. The molecule has 1 unspecified atom stereocenters. The van der Waals surface area contributed by atoms with E-state index in [0.717, 1.165) is 5.56 Å². The highest BCUT2D eigenvalue weighted by Gasteiger charge is 2.28. The summed E-state index contributed by atoms with van der Waals surface area (Å²) in [5, 5.41) is -0.158. The molecule has 1 atom stereocenters. The van der Waals surface area contributed by atoms with Crippen LogP contribution in [-0.2, 0) is 9.94 Å². The highest BCUT2D eigenvalue weighted by atomic mass is 35.5. The van der Waals surface area contributed by atoms with E-state index in [4.69, 9.17) is 27.3 Å². The molecule has 1 heterocycles. The van der Waals surface area contributed by atoms with Gasteiger partial charge in [0.25, 0.3) is 5.91 Å². The Balaban J connectivity index is 2.31. The first-order valence-electron chi connectivity index (χ1n) is 7.14. The second-order valence-electron chi connectivity index (χ2n) is 5.21. The van der Waals surface area contributed by atoms with Crippen LogP contribution in [0.15, 0.2) is 35.3 Å². The molecule has 2 amide bonds. The van der Waals surface area contributed by atoms with Crippen LogP contribution in [0.3, 0.4) is 0 Å². The number of nitrogens with two attached hydrogens (primary N) is 2. The monoisotopic (exact) mass is 396 g/mol. The van der Waals surface area contributed by atoms with Crippen molar-refractivity contribution in [3.63, 3.8) is 0 Å². The lowest BCUT2D eigenvalue weighted by Crippen LogP contribution is -2.32. The number of nitrogens with zero attached hydrogens (tertiary/aromatic N) is 3. The summed E-state index contributed by atoms with van der Waals surface area (Å²) in [5.41, 5.74) is 11.8. The van der Waals surface area contributed by atoms with Crippen molar-refractivity contribution in [2.45, 2.75) is 5.75 Å². The number of hydrogen-bond donors (Lipinski definition) is 3. The van der Waals surface area contributed by atoms with Crippen molar-refractivity contribution in [3.8, 4) is 0 Å². The number of hydrogen-bond acceptors (Lipinski definition) is 7. The lowest BCUT2D eigenvalue weighted by Gasteiger charge is -2.34. The number of anilines is 2. The SMILES string of the molecule is C=NC(=O)OS(C)(Cc1ccccc1)NC(=O)c1nc(Cl)c(N)nc1N. The van der Waals surface area contributed by atoms with Crippen molar-refractivity contribution >= 4 is 52.4 Å². The number of aromatic nitrogens is 2. The van der Waals surface area contributed by atoms with E-state index in [2.05, 4.69) is 26.4 Å². The van der Waals surface area contributed by atoms with Crippen molar-refractivity contribution in [2.75, 3.05) is 17.7 Å². The Kier molecular flexibility index (Phi) is 6.01. The average molecular weight is 397 g/mol. The Hall–Kier alpha value is -2.85. The maximum atomic E-state index is 12.6. The number of halogens is 1. The van der Waals surface area contributed by atoms with Gasteiger partial charge in [0.2, 0.25) is 0 Å². The molecule has 26 heavy (non-hydrogen) atoms. The fourth-order valence-electron chi connectivity index (χ4n) is 2.02. The molecular formula is C15H17ClN6O3S. The number of nitrogen functional groups attached to an aromatic ring is 2. The van der Waals surface area contributed by atoms with Crippen molar-refractivity contribution in [3.05, 3.63) is 46.7 Å². The highest BCUT2D eigenvalue weighted by molar-refractivity contribution is 8.27. The third-order valence-corrected chi connectivity index (χ3v) is 5.39. The van der Waals surface area contributed by atoms with Crippen LogP contribution in [0.1, 0.15) is 16.1 Å². The molecule has 0 saturated heterocycles. The zero-order valence-electron chi connectivity index (χ0n) is 13.8. The molecule has 0 aliphatic heterocycles. The van der Waals surface area contributed by atoms with E-state index in [1.165, 1.54) is 0 Å². The first kappa shape index (κ1) is 19.5. The molecule has 2 aromatic rings. The summed E-state index contributed by atoms with van der Waals surface area (Å²) in [6.45, 7) is 3.13. The maximum Gasteiger partial charge on any atom is 0.445 e. The summed E-state index contributed by atoms with van der Waals surface area (Å²) in [6.07, 6.45) is 0.678. The zero-order valence-corrected chi connectivity index (χ0v) is 15.4. The van der Waals surface area contributed by atoms with Gasteiger partial charge in [0.1, 0.15) is 0 Å². The molecule has 1 aromatic carbocycles. The Morgan fingerprint density at radius 2 is 1.92 bits per heavy atom. The Morgan fingerprint density at radius 3 is 2.54 bits per heavy atom. The molecule has 0 spiro atoms. The van der Waals surface area contributed by atoms with E-state index < -0.39 is 22.5 Å². The quantitative estimate of drug-likeness (QED) is 0.657. The van der Waals surface area contributed by atoms with E-state index in [1.54, 1.807) is 6.26 Å². The number of amides is 2. The van der Waals surface area contributed by atoms with Gasteiger partial charge in [-0.05, 0) is 22.8 Å². The predicted molar refractivity (Wildman–Crippen MR) is 103 cm³/mol. The summed E-state index contributed by atoms with van der Waals surface area (Å²) >= 11 is 5.80. The molecule has 5 N–H and O–H groups in total. The molecular weight excluding hydrogens is 380 g/mol. The first-order chi connectivity index (χ1) is 12.2. The van der Waals surface area contributed by atoms with Crippen LogP contribution in [0.4, 0.5) is 16.4 Å². The van der Waals surface area contributed by atoms with Gasteiger partial charge in [-0.1, -0.05) is 41.9 Å². The lowest BCUT2D eigenvalue weighted by molar-refractivity contribution is 0.0976. The normalized spacial score (nSPS) is 13.9. The Morgan fingerprint density at radius 1 is 1.27 bits per heavy atom. The fourth-order valence-corrected chi connectivity index (χ4v) is 4.00. The average Bonchev–Trinajstić information content (AvgIpc) is 2.58. The summed E-state index contributed by atoms with van der Waals surface area (Å²) in [4.78, 5) is 35.0. The van der Waals surface area contributed by atoms with Gasteiger partial charge in [-0.25, -0.2) is 14.8 Å². The summed E-state index contributed by atoms with van der Waals surface area (Å²) < 4.78 is 7.96. The van der Waals surface area contributed by atoms with Crippen LogP contribution < -0.4 is 16.2 Å². The molecule has 0 aliphatic rings. The van der Waals surface area contributed by atoms with Crippen LogP contribution >= 0.6 is 22.1 Å². The van der Waals surface area contributed by atoms with Gasteiger partial charge in [0.15, 0.2) is 22.5 Å². The van der Waals surface area contributed by atoms with Crippen molar-refractivity contribution < 1.29 is 13.8 Å². The standard InChI is InChI=1S/C15H17ClN6O3S/c1-19-15(24)25-26(2,8-9-6-4-3-5-7-9)22-14(23)10-12(17)21-13(18)11(16)20-10/h3-7H,1,8H2,2H3,(H,22,23)(H4,17,18,21). The second kappa shape index (κ2) is 8.02. The molecule has 11 heteroatoms. The van der Waals surface area contributed by atoms with Gasteiger partial charge >= 0.3 is 6.09 Å². The fraction of sp³-hybridized carbons (Fsp3) is 0.133. The topological polar surface area (TPSA) is 146 Å². The Labute approximate surface area is 156 Å². The van der Waals surface area contributed by atoms with Gasteiger partial charge in [0, 0.05) is 6.26 Å². The smallest absolute Gasteiger partial charge is 0.382 e. The summed E-state index contributed by atoms with van der Waals surface area (Å²) in [5.74, 6) is -0.750. The van der Waals surface area contributed by atoms with Gasteiger partial charge in [-0.15, -0.1) is 0 Å². The molecule has 0 saturated carbocycles. The van der Waals surface area contributed by atoms with Gasteiger partial charge in [0.05, 0.1) is 5.75 Å². The van der Waals surface area contributed by atoms with Crippen LogP contribution in [-0.4, -0.2) is 34.9 Å². The number of aliphatic imine (C=N–C) groups is 1. The van der Waals surface area contributed by atoms with Crippen LogP contribution in [0.25, 0.3) is 0 Å². The number of nitrogens with one attached hydrogen (secondary N) is 1. The second-order valence-corrected chi connectivity index (χ2v) is 8.23. The molecule has 0 bridgehead atoms. The number of rotatable bonds is 5. The van der Waals surface area contributed by atoms with Crippen molar-refractivity contribution in [2.24, 2.45) is 4.99 Å². The van der Waals surface area contributed by atoms with E-state index in [-0.39, 0.29) is 28.2 Å². The number of carbonyl (C=O) groups excluding carboxylic acids is 2. The summed E-state index contributed by atoms with van der Waals surface area (Å²) in [7, 11) is -2.47. The number of benzene rings is 1. The molecule has 138 valence electrons. The maximum absolute atomic E-state index is 12.6. The third kappa shape index (κ3) is 4.83. The molecule has 0 fully saturated rings. The Bertz CT molecular complexity index is 851. The van der Waals surface area contributed by atoms with E-state index in [0.29, 0.717) is 0 Å². The molecule has 9 nitrogen and oxygen atoms in total. The molecule has 2 rings (SSSR count). The number of carbonyl (C=O) groups is 2. The summed E-state index contributed by atoms with van der Waals surface area (Å²) in [6, 6.07) is 9.17. The zero-order chi connectivity index (χ0) is 19.3. The minimum Gasteiger partial charge on any atom is -0.382 e. The molecule has 0 radical (unpaired) electrons. The van der Waals surface area contributed by atoms with Gasteiger partial charge < -0.3 is 15.7 Å². The first-order valence-corrected chi connectivity index (χ1v) is 9.66. The van der Waals surface area contributed by atoms with Crippen molar-refractivity contribution in [1.29, 1.82) is 0 Å². The molecule has 0 aliphatic carbocycles. The van der Waals surface area contributed by atoms with Crippen LogP contribution in [0, 0.1) is 0 Å². The minimum atomic E-state index is -2.47. The van der Waals surface area contributed by atoms with E-state index >= 15 is 0 Å². The van der Waals surface area contributed by atoms with Crippen LogP contribution in [0.2, 0.25) is 5.15 Å². The molecule has 1 aromatic heterocycles.